The average molecular weight is 572 g/mol. The van der Waals surface area contributed by atoms with Crippen LogP contribution in [0.1, 0.15) is 43.1 Å². The highest BCUT2D eigenvalue weighted by atomic mass is 127. The lowest BCUT2D eigenvalue weighted by molar-refractivity contribution is -0.123. The molecule has 0 saturated heterocycles. The van der Waals surface area contributed by atoms with Crippen molar-refractivity contribution in [3.05, 3.63) is 56.1 Å². The minimum absolute atomic E-state index is 0.160. The van der Waals surface area contributed by atoms with Crippen molar-refractivity contribution in [3.63, 3.8) is 0 Å². The maximum Gasteiger partial charge on any atom is 0.262 e. The first-order valence-corrected chi connectivity index (χ1v) is 11.6. The number of ether oxygens (including phenoxy) is 2. The summed E-state index contributed by atoms with van der Waals surface area (Å²) < 4.78 is 12.0. The third kappa shape index (κ3) is 7.09. The minimum atomic E-state index is -0.782. The lowest BCUT2D eigenvalue weighted by Crippen LogP contribution is -2.48. The van der Waals surface area contributed by atoms with Gasteiger partial charge in [-0.05, 0) is 64.8 Å². The maximum absolute atomic E-state index is 12.7. The molecule has 0 aliphatic carbocycles. The van der Waals surface area contributed by atoms with Crippen LogP contribution in [0.5, 0.6) is 11.5 Å². The molecule has 0 bridgehead atoms. The number of hydrogen-bond donors (Lipinski definition) is 2. The van der Waals surface area contributed by atoms with E-state index in [1.165, 1.54) is 6.21 Å². The predicted molar refractivity (Wildman–Crippen MR) is 135 cm³/mol. The molecule has 9 heteroatoms. The van der Waals surface area contributed by atoms with E-state index in [1.54, 1.807) is 37.4 Å². The zero-order valence-electron chi connectivity index (χ0n) is 18.4. The molecule has 2 N–H and O–H groups in total. The number of nitrogens with zero attached hydrogens (tertiary/aromatic N) is 1. The highest BCUT2D eigenvalue weighted by molar-refractivity contribution is 14.1. The molecule has 0 fully saturated rings. The van der Waals surface area contributed by atoms with Crippen LogP contribution < -0.4 is 20.2 Å². The second-order valence-electron chi connectivity index (χ2n) is 7.29. The fraction of sp³-hybridized carbons (Fsp3) is 0.348. The smallest absolute Gasteiger partial charge is 0.262 e. The number of amides is 2. The Hall–Kier alpha value is -2.33. The number of carbonyl (C=O) groups is 2. The van der Waals surface area contributed by atoms with Crippen molar-refractivity contribution in [3.8, 4) is 11.5 Å². The van der Waals surface area contributed by atoms with E-state index in [0.717, 1.165) is 15.6 Å². The van der Waals surface area contributed by atoms with E-state index in [-0.39, 0.29) is 5.92 Å². The van der Waals surface area contributed by atoms with Gasteiger partial charge in [0, 0.05) is 0 Å². The Labute approximate surface area is 207 Å². The van der Waals surface area contributed by atoms with Gasteiger partial charge in [0.1, 0.15) is 6.04 Å². The number of rotatable bonds is 10. The van der Waals surface area contributed by atoms with Gasteiger partial charge in [-0.2, -0.15) is 5.10 Å². The molecule has 0 aromatic heterocycles. The molecule has 0 aliphatic rings. The summed E-state index contributed by atoms with van der Waals surface area (Å²) in [6.07, 6.45) is 2.40. The molecular formula is C23H27ClIN3O4. The fourth-order valence-electron chi connectivity index (χ4n) is 2.80. The molecular weight excluding hydrogens is 545 g/mol. The van der Waals surface area contributed by atoms with E-state index in [4.69, 9.17) is 21.1 Å². The molecule has 0 radical (unpaired) electrons. The topological polar surface area (TPSA) is 89.0 Å². The first kappa shape index (κ1) is 25.9. The van der Waals surface area contributed by atoms with Crippen LogP contribution in [-0.2, 0) is 4.79 Å². The second kappa shape index (κ2) is 12.6. The second-order valence-corrected chi connectivity index (χ2v) is 8.86. The van der Waals surface area contributed by atoms with Gasteiger partial charge in [0.2, 0.25) is 0 Å². The van der Waals surface area contributed by atoms with Crippen molar-refractivity contribution in [2.24, 2.45) is 11.0 Å². The predicted octanol–water partition coefficient (Wildman–Crippen LogP) is 4.65. The summed E-state index contributed by atoms with van der Waals surface area (Å²) in [7, 11) is 1.57. The summed E-state index contributed by atoms with van der Waals surface area (Å²) in [4.78, 5) is 25.2. The highest BCUT2D eigenvalue weighted by Gasteiger charge is 2.25. The average Bonchev–Trinajstić information content (AvgIpc) is 2.76. The van der Waals surface area contributed by atoms with Gasteiger partial charge in [-0.15, -0.1) is 0 Å². The number of nitrogens with one attached hydrogen (secondary N) is 2. The van der Waals surface area contributed by atoms with Gasteiger partial charge < -0.3 is 14.8 Å². The van der Waals surface area contributed by atoms with Crippen molar-refractivity contribution in [1.82, 2.24) is 10.7 Å². The Balaban J connectivity index is 2.09. The van der Waals surface area contributed by atoms with E-state index in [1.807, 2.05) is 26.8 Å². The van der Waals surface area contributed by atoms with Crippen molar-refractivity contribution >= 4 is 52.2 Å². The standard InChI is InChI=1S/C23H27ClIN3O4/c1-5-10-32-21-18(25)11-15(12-19(21)31-4)13-26-28-23(30)20(14(2)3)27-22(29)16-8-6-7-9-17(16)24/h6-9,11-14,20H,5,10H2,1-4H3,(H,27,29)(H,28,30)/b26-13+. The Morgan fingerprint density at radius 3 is 2.59 bits per heavy atom. The number of carbonyl (C=O) groups excluding carboxylic acids is 2. The van der Waals surface area contributed by atoms with Crippen LogP contribution >= 0.6 is 34.2 Å². The van der Waals surface area contributed by atoms with Crippen molar-refractivity contribution in [2.75, 3.05) is 13.7 Å². The van der Waals surface area contributed by atoms with Crippen LogP contribution in [0.25, 0.3) is 0 Å². The number of hydrogen-bond acceptors (Lipinski definition) is 5. The third-order valence-corrected chi connectivity index (χ3v) is 5.58. The van der Waals surface area contributed by atoms with E-state index in [2.05, 4.69) is 38.4 Å². The first-order chi connectivity index (χ1) is 15.3. The monoisotopic (exact) mass is 571 g/mol. The van der Waals surface area contributed by atoms with Crippen molar-refractivity contribution < 1.29 is 19.1 Å². The summed E-state index contributed by atoms with van der Waals surface area (Å²) in [5.74, 6) is 0.257. The molecule has 2 aromatic rings. The van der Waals surface area contributed by atoms with Gasteiger partial charge >= 0.3 is 0 Å². The molecule has 2 rings (SSSR count). The highest BCUT2D eigenvalue weighted by Crippen LogP contribution is 2.33. The quantitative estimate of drug-likeness (QED) is 0.247. The van der Waals surface area contributed by atoms with Crippen molar-refractivity contribution in [1.29, 1.82) is 0 Å². The van der Waals surface area contributed by atoms with Crippen molar-refractivity contribution in [2.45, 2.75) is 33.2 Å². The van der Waals surface area contributed by atoms with Crippen LogP contribution in [0.15, 0.2) is 41.5 Å². The fourth-order valence-corrected chi connectivity index (χ4v) is 3.80. The third-order valence-electron chi connectivity index (χ3n) is 4.44. The molecule has 7 nitrogen and oxygen atoms in total. The van der Waals surface area contributed by atoms with Crippen LogP contribution in [0, 0.1) is 9.49 Å². The zero-order chi connectivity index (χ0) is 23.7. The van der Waals surface area contributed by atoms with Gasteiger partial charge in [-0.25, -0.2) is 5.43 Å². The Morgan fingerprint density at radius 2 is 1.97 bits per heavy atom. The van der Waals surface area contributed by atoms with E-state index in [9.17, 15) is 9.59 Å². The first-order valence-electron chi connectivity index (χ1n) is 10.2. The molecule has 0 aliphatic heterocycles. The van der Waals surface area contributed by atoms with Gasteiger partial charge in [-0.3, -0.25) is 9.59 Å². The van der Waals surface area contributed by atoms with E-state index in [0.29, 0.717) is 28.7 Å². The van der Waals surface area contributed by atoms with Gasteiger partial charge in [0.05, 0.1) is 34.1 Å². The van der Waals surface area contributed by atoms with Crippen LogP contribution in [0.2, 0.25) is 5.02 Å². The Morgan fingerprint density at radius 1 is 1.25 bits per heavy atom. The van der Waals surface area contributed by atoms with E-state index < -0.39 is 17.9 Å². The number of halogens is 2. The van der Waals surface area contributed by atoms with E-state index >= 15 is 0 Å². The minimum Gasteiger partial charge on any atom is -0.493 e. The summed E-state index contributed by atoms with van der Waals surface area (Å²) in [6.45, 7) is 6.29. The molecule has 32 heavy (non-hydrogen) atoms. The van der Waals surface area contributed by atoms with Gasteiger partial charge in [0.25, 0.3) is 11.8 Å². The molecule has 2 aromatic carbocycles. The normalized spacial score (nSPS) is 12.0. The molecule has 1 atom stereocenters. The number of hydrazone groups is 1. The Bertz CT molecular complexity index is 982. The summed E-state index contributed by atoms with van der Waals surface area (Å²) in [5.41, 5.74) is 3.54. The largest absolute Gasteiger partial charge is 0.493 e. The zero-order valence-corrected chi connectivity index (χ0v) is 21.4. The molecule has 0 heterocycles. The summed E-state index contributed by atoms with van der Waals surface area (Å²) >= 11 is 8.25. The van der Waals surface area contributed by atoms with Gasteiger partial charge in [0.15, 0.2) is 11.5 Å². The van der Waals surface area contributed by atoms with Crippen LogP contribution in [0.3, 0.4) is 0 Å². The summed E-state index contributed by atoms with van der Waals surface area (Å²) in [5, 5.41) is 7.10. The molecule has 0 spiro atoms. The SMILES string of the molecule is CCCOc1c(I)cc(/C=N/NC(=O)C(NC(=O)c2ccccc2Cl)C(C)C)cc1OC. The lowest BCUT2D eigenvalue weighted by atomic mass is 10.0. The molecule has 1 unspecified atom stereocenters. The number of benzene rings is 2. The number of methoxy groups -OCH3 is 1. The summed E-state index contributed by atoms with van der Waals surface area (Å²) in [6, 6.07) is 9.55. The molecule has 0 saturated carbocycles. The lowest BCUT2D eigenvalue weighted by Gasteiger charge is -2.20. The van der Waals surface area contributed by atoms with Gasteiger partial charge in [-0.1, -0.05) is 44.5 Å². The maximum atomic E-state index is 12.7. The van der Waals surface area contributed by atoms with Crippen LogP contribution in [-0.4, -0.2) is 37.8 Å². The Kier molecular flexibility index (Phi) is 10.2. The molecule has 172 valence electrons. The molecule has 2 amide bonds. The van der Waals surface area contributed by atoms with Crippen LogP contribution in [0.4, 0.5) is 0 Å².